The second kappa shape index (κ2) is 6.31. The average Bonchev–Trinajstić information content (AvgIpc) is 2.35. The Balaban J connectivity index is 1.78. The van der Waals surface area contributed by atoms with Gasteiger partial charge in [-0.1, -0.05) is 35.4 Å². The number of benzene rings is 1. The van der Waals surface area contributed by atoms with Crippen molar-refractivity contribution >= 4 is 0 Å². The van der Waals surface area contributed by atoms with E-state index in [-0.39, 0.29) is 0 Å². The Hall–Kier alpha value is -1.67. The first-order valence-electron chi connectivity index (χ1n) is 6.41. The van der Waals surface area contributed by atoms with Crippen LogP contribution in [0.4, 0.5) is 0 Å². The van der Waals surface area contributed by atoms with Gasteiger partial charge in [-0.05, 0) is 44.0 Å². The van der Waals surface area contributed by atoms with Crippen molar-refractivity contribution < 1.29 is 0 Å². The van der Waals surface area contributed by atoms with E-state index >= 15 is 0 Å². The molecule has 1 aromatic heterocycles. The number of rotatable bonds is 5. The van der Waals surface area contributed by atoms with Gasteiger partial charge >= 0.3 is 0 Å². The van der Waals surface area contributed by atoms with Crippen LogP contribution in [0.1, 0.15) is 22.3 Å². The molecule has 0 spiro atoms. The molecule has 0 radical (unpaired) electrons. The summed E-state index contributed by atoms with van der Waals surface area (Å²) in [7, 11) is 0. The van der Waals surface area contributed by atoms with Crippen molar-refractivity contribution in [3.8, 4) is 0 Å². The molecular formula is C16H20N2. The summed E-state index contributed by atoms with van der Waals surface area (Å²) in [4.78, 5) is 4.12. The third-order valence-corrected chi connectivity index (χ3v) is 2.92. The van der Waals surface area contributed by atoms with Crippen molar-refractivity contribution in [3.05, 3.63) is 65.0 Å². The van der Waals surface area contributed by atoms with Crippen molar-refractivity contribution in [1.29, 1.82) is 0 Å². The molecule has 0 aliphatic rings. The summed E-state index contributed by atoms with van der Waals surface area (Å²) in [6, 6.07) is 10.8. The summed E-state index contributed by atoms with van der Waals surface area (Å²) in [5.41, 5.74) is 5.31. The zero-order valence-electron chi connectivity index (χ0n) is 11.1. The van der Waals surface area contributed by atoms with Crippen molar-refractivity contribution in [2.45, 2.75) is 26.8 Å². The van der Waals surface area contributed by atoms with Crippen molar-refractivity contribution in [2.24, 2.45) is 0 Å². The Bertz CT molecular complexity index is 471. The van der Waals surface area contributed by atoms with Crippen LogP contribution in [0.15, 0.2) is 42.7 Å². The molecule has 0 amide bonds. The van der Waals surface area contributed by atoms with Crippen LogP contribution < -0.4 is 5.32 Å². The second-order valence-electron chi connectivity index (χ2n) is 4.78. The number of hydrogen-bond acceptors (Lipinski definition) is 2. The molecule has 0 atom stereocenters. The summed E-state index contributed by atoms with van der Waals surface area (Å²) in [6.07, 6.45) is 4.77. The predicted octanol–water partition coefficient (Wildman–Crippen LogP) is 3.03. The molecule has 1 N–H and O–H groups in total. The molecule has 0 unspecified atom stereocenters. The molecule has 0 aliphatic heterocycles. The first-order valence-corrected chi connectivity index (χ1v) is 6.41. The van der Waals surface area contributed by atoms with Gasteiger partial charge in [0.2, 0.25) is 0 Å². The molecule has 2 rings (SSSR count). The van der Waals surface area contributed by atoms with Gasteiger partial charge in [-0.3, -0.25) is 4.98 Å². The predicted molar refractivity (Wildman–Crippen MR) is 75.6 cm³/mol. The summed E-state index contributed by atoms with van der Waals surface area (Å²) < 4.78 is 0. The van der Waals surface area contributed by atoms with E-state index in [2.05, 4.69) is 48.4 Å². The van der Waals surface area contributed by atoms with Crippen molar-refractivity contribution in [1.82, 2.24) is 10.3 Å². The number of aryl methyl sites for hydroxylation is 2. The fraction of sp³-hybridized carbons (Fsp3) is 0.312. The number of pyridine rings is 1. The van der Waals surface area contributed by atoms with E-state index in [0.29, 0.717) is 0 Å². The zero-order valence-corrected chi connectivity index (χ0v) is 11.1. The third-order valence-electron chi connectivity index (χ3n) is 2.92. The SMILES string of the molecule is Cc1cc(C)cc(CNCCc2cccnc2)c1. The average molecular weight is 240 g/mol. The molecule has 0 saturated carbocycles. The van der Waals surface area contributed by atoms with E-state index in [0.717, 1.165) is 19.5 Å². The zero-order chi connectivity index (χ0) is 12.8. The van der Waals surface area contributed by atoms with Crippen LogP contribution in [0.2, 0.25) is 0 Å². The Labute approximate surface area is 109 Å². The molecule has 2 aromatic rings. The fourth-order valence-corrected chi connectivity index (χ4v) is 2.18. The first-order chi connectivity index (χ1) is 8.74. The summed E-state index contributed by atoms with van der Waals surface area (Å²) in [6.45, 7) is 6.21. The molecule has 0 saturated heterocycles. The monoisotopic (exact) mass is 240 g/mol. The quantitative estimate of drug-likeness (QED) is 0.813. The summed E-state index contributed by atoms with van der Waals surface area (Å²) >= 11 is 0. The van der Waals surface area contributed by atoms with Crippen LogP contribution in [0.25, 0.3) is 0 Å². The lowest BCUT2D eigenvalue weighted by Gasteiger charge is -2.07. The number of nitrogens with one attached hydrogen (secondary N) is 1. The van der Waals surface area contributed by atoms with Crippen molar-refractivity contribution in [3.63, 3.8) is 0 Å². The minimum absolute atomic E-state index is 0.933. The minimum atomic E-state index is 0.933. The Morgan fingerprint density at radius 2 is 1.83 bits per heavy atom. The van der Waals surface area contributed by atoms with Crippen LogP contribution in [-0.2, 0) is 13.0 Å². The van der Waals surface area contributed by atoms with Crippen LogP contribution in [0, 0.1) is 13.8 Å². The van der Waals surface area contributed by atoms with E-state index in [1.807, 2.05) is 18.5 Å². The second-order valence-corrected chi connectivity index (χ2v) is 4.78. The number of aromatic nitrogens is 1. The highest BCUT2D eigenvalue weighted by atomic mass is 14.8. The lowest BCUT2D eigenvalue weighted by atomic mass is 10.1. The van der Waals surface area contributed by atoms with E-state index in [4.69, 9.17) is 0 Å². The highest BCUT2D eigenvalue weighted by Crippen LogP contribution is 2.08. The van der Waals surface area contributed by atoms with Gasteiger partial charge in [0.05, 0.1) is 0 Å². The number of nitrogens with zero attached hydrogens (tertiary/aromatic N) is 1. The van der Waals surface area contributed by atoms with Crippen LogP contribution >= 0.6 is 0 Å². The topological polar surface area (TPSA) is 24.9 Å². The van der Waals surface area contributed by atoms with E-state index in [1.54, 1.807) is 0 Å². The van der Waals surface area contributed by atoms with Gasteiger partial charge in [-0.15, -0.1) is 0 Å². The molecule has 94 valence electrons. The molecule has 2 heteroatoms. The smallest absolute Gasteiger partial charge is 0.0300 e. The van der Waals surface area contributed by atoms with E-state index in [1.165, 1.54) is 22.3 Å². The molecule has 1 heterocycles. The van der Waals surface area contributed by atoms with Gasteiger partial charge < -0.3 is 5.32 Å². The highest BCUT2D eigenvalue weighted by molar-refractivity contribution is 5.28. The maximum absolute atomic E-state index is 4.12. The van der Waals surface area contributed by atoms with Crippen molar-refractivity contribution in [2.75, 3.05) is 6.54 Å². The maximum Gasteiger partial charge on any atom is 0.0300 e. The molecule has 0 bridgehead atoms. The fourth-order valence-electron chi connectivity index (χ4n) is 2.18. The molecule has 1 aromatic carbocycles. The molecule has 18 heavy (non-hydrogen) atoms. The van der Waals surface area contributed by atoms with Crippen LogP contribution in [-0.4, -0.2) is 11.5 Å². The summed E-state index contributed by atoms with van der Waals surface area (Å²) in [5.74, 6) is 0. The largest absolute Gasteiger partial charge is 0.312 e. The maximum atomic E-state index is 4.12. The standard InChI is InChI=1S/C16H20N2/c1-13-8-14(2)10-16(9-13)12-18-7-5-15-4-3-6-17-11-15/h3-4,6,8-11,18H,5,7,12H2,1-2H3. The third kappa shape index (κ3) is 3.97. The molecular weight excluding hydrogens is 220 g/mol. The summed E-state index contributed by atoms with van der Waals surface area (Å²) in [5, 5.41) is 3.48. The van der Waals surface area contributed by atoms with Crippen LogP contribution in [0.3, 0.4) is 0 Å². The Kier molecular flexibility index (Phi) is 4.48. The van der Waals surface area contributed by atoms with Gasteiger partial charge in [-0.25, -0.2) is 0 Å². The molecule has 0 fully saturated rings. The minimum Gasteiger partial charge on any atom is -0.312 e. The van der Waals surface area contributed by atoms with Gasteiger partial charge in [0, 0.05) is 18.9 Å². The van der Waals surface area contributed by atoms with Crippen LogP contribution in [0.5, 0.6) is 0 Å². The van der Waals surface area contributed by atoms with Gasteiger partial charge in [0.25, 0.3) is 0 Å². The van der Waals surface area contributed by atoms with Gasteiger partial charge in [0.15, 0.2) is 0 Å². The normalized spacial score (nSPS) is 10.6. The highest BCUT2D eigenvalue weighted by Gasteiger charge is 1.96. The lowest BCUT2D eigenvalue weighted by Crippen LogP contribution is -2.16. The Morgan fingerprint density at radius 1 is 1.06 bits per heavy atom. The number of hydrogen-bond donors (Lipinski definition) is 1. The van der Waals surface area contributed by atoms with E-state index in [9.17, 15) is 0 Å². The Morgan fingerprint density at radius 3 is 2.50 bits per heavy atom. The molecule has 0 aliphatic carbocycles. The van der Waals surface area contributed by atoms with Gasteiger partial charge in [-0.2, -0.15) is 0 Å². The first kappa shape index (κ1) is 12.8. The molecule has 2 nitrogen and oxygen atoms in total. The lowest BCUT2D eigenvalue weighted by molar-refractivity contribution is 0.685. The van der Waals surface area contributed by atoms with Gasteiger partial charge in [0.1, 0.15) is 0 Å². The van der Waals surface area contributed by atoms with E-state index < -0.39 is 0 Å².